The molecule has 3 nitrogen and oxygen atoms in total. The summed E-state index contributed by atoms with van der Waals surface area (Å²) in [4.78, 5) is 0. The van der Waals surface area contributed by atoms with Crippen LogP contribution in [-0.2, 0) is 9.47 Å². The van der Waals surface area contributed by atoms with E-state index in [1.165, 1.54) is 12.8 Å². The van der Waals surface area contributed by atoms with Crippen LogP contribution in [0.5, 0.6) is 0 Å². The zero-order valence-corrected chi connectivity index (χ0v) is 14.2. The smallest absolute Gasteiger partial charge is 0.0677 e. The van der Waals surface area contributed by atoms with E-state index in [0.29, 0.717) is 24.0 Å². The summed E-state index contributed by atoms with van der Waals surface area (Å²) in [6, 6.07) is 0.511. The van der Waals surface area contributed by atoms with Crippen LogP contribution < -0.4 is 5.32 Å². The molecule has 0 aliphatic carbocycles. The standard InChI is InChI=1S/C17H33NO2/c1-7-8-18-15(13-9-12(2)19-11-13)14-10-16(3,4)20-17(14,5)6/h12-15,18H,7-11H2,1-6H3. The van der Waals surface area contributed by atoms with E-state index in [9.17, 15) is 0 Å². The maximum absolute atomic E-state index is 6.32. The van der Waals surface area contributed by atoms with Crippen LogP contribution in [0.4, 0.5) is 0 Å². The van der Waals surface area contributed by atoms with Crippen molar-refractivity contribution in [1.82, 2.24) is 5.32 Å². The first-order valence-corrected chi connectivity index (χ1v) is 8.30. The Kier molecular flexibility index (Phi) is 4.83. The lowest BCUT2D eigenvalue weighted by Gasteiger charge is -2.36. The molecule has 2 heterocycles. The Balaban J connectivity index is 2.13. The second-order valence-electron chi connectivity index (χ2n) is 7.90. The lowest BCUT2D eigenvalue weighted by molar-refractivity contribution is -0.0796. The number of hydrogen-bond acceptors (Lipinski definition) is 3. The van der Waals surface area contributed by atoms with Gasteiger partial charge < -0.3 is 14.8 Å². The summed E-state index contributed by atoms with van der Waals surface area (Å²) in [7, 11) is 0. The van der Waals surface area contributed by atoms with Crippen molar-refractivity contribution in [3.05, 3.63) is 0 Å². The summed E-state index contributed by atoms with van der Waals surface area (Å²) >= 11 is 0. The van der Waals surface area contributed by atoms with E-state index >= 15 is 0 Å². The van der Waals surface area contributed by atoms with Crippen molar-refractivity contribution < 1.29 is 9.47 Å². The maximum atomic E-state index is 6.32. The fourth-order valence-electron chi connectivity index (χ4n) is 4.21. The van der Waals surface area contributed by atoms with Gasteiger partial charge in [0, 0.05) is 17.9 Å². The van der Waals surface area contributed by atoms with E-state index < -0.39 is 0 Å². The highest BCUT2D eigenvalue weighted by atomic mass is 16.5. The van der Waals surface area contributed by atoms with Gasteiger partial charge in [0.05, 0.1) is 23.9 Å². The lowest BCUT2D eigenvalue weighted by Crippen LogP contribution is -2.49. The summed E-state index contributed by atoms with van der Waals surface area (Å²) in [6.07, 6.45) is 3.89. The third-order valence-corrected chi connectivity index (χ3v) is 4.94. The highest BCUT2D eigenvalue weighted by Crippen LogP contribution is 2.46. The first kappa shape index (κ1) is 16.3. The van der Waals surface area contributed by atoms with Crippen LogP contribution in [0.3, 0.4) is 0 Å². The minimum atomic E-state index is -0.0548. The van der Waals surface area contributed by atoms with Gasteiger partial charge in [0.1, 0.15) is 0 Å². The fourth-order valence-corrected chi connectivity index (χ4v) is 4.21. The Morgan fingerprint density at radius 3 is 2.40 bits per heavy atom. The molecule has 2 aliphatic rings. The average molecular weight is 283 g/mol. The van der Waals surface area contributed by atoms with Crippen molar-refractivity contribution in [2.75, 3.05) is 13.2 Å². The molecule has 2 saturated heterocycles. The minimum Gasteiger partial charge on any atom is -0.378 e. The zero-order valence-electron chi connectivity index (χ0n) is 14.2. The monoisotopic (exact) mass is 283 g/mol. The van der Waals surface area contributed by atoms with Gasteiger partial charge in [0.25, 0.3) is 0 Å². The maximum Gasteiger partial charge on any atom is 0.0677 e. The van der Waals surface area contributed by atoms with Gasteiger partial charge in [-0.25, -0.2) is 0 Å². The molecule has 2 rings (SSSR count). The largest absolute Gasteiger partial charge is 0.378 e. The highest BCUT2D eigenvalue weighted by molar-refractivity contribution is 5.02. The van der Waals surface area contributed by atoms with E-state index in [4.69, 9.17) is 9.47 Å². The van der Waals surface area contributed by atoms with Gasteiger partial charge >= 0.3 is 0 Å². The van der Waals surface area contributed by atoms with Gasteiger partial charge in [-0.2, -0.15) is 0 Å². The fraction of sp³-hybridized carbons (Fsp3) is 1.00. The SMILES string of the molecule is CCCNC(C1COC(C)C1)C1CC(C)(C)OC1(C)C. The summed E-state index contributed by atoms with van der Waals surface area (Å²) in [5.41, 5.74) is -0.0634. The molecular formula is C17H33NO2. The molecule has 20 heavy (non-hydrogen) atoms. The minimum absolute atomic E-state index is 0.00854. The Hall–Kier alpha value is -0.120. The van der Waals surface area contributed by atoms with Crippen LogP contribution in [0.15, 0.2) is 0 Å². The second kappa shape index (κ2) is 5.94. The van der Waals surface area contributed by atoms with Crippen LogP contribution >= 0.6 is 0 Å². The molecule has 4 atom stereocenters. The highest BCUT2D eigenvalue weighted by Gasteiger charge is 2.51. The lowest BCUT2D eigenvalue weighted by atomic mass is 9.76. The molecule has 0 aromatic heterocycles. The van der Waals surface area contributed by atoms with Crippen LogP contribution in [0.1, 0.15) is 60.8 Å². The first-order valence-electron chi connectivity index (χ1n) is 8.30. The van der Waals surface area contributed by atoms with E-state index in [2.05, 4.69) is 46.9 Å². The number of rotatable bonds is 5. The Morgan fingerprint density at radius 2 is 1.95 bits per heavy atom. The normalized spacial score (nSPS) is 37.2. The van der Waals surface area contributed by atoms with Crippen molar-refractivity contribution in [2.45, 2.75) is 84.2 Å². The van der Waals surface area contributed by atoms with Crippen molar-refractivity contribution in [3.8, 4) is 0 Å². The summed E-state index contributed by atoms with van der Waals surface area (Å²) < 4.78 is 12.1. The first-order chi connectivity index (χ1) is 9.25. The molecule has 0 bridgehead atoms. The summed E-state index contributed by atoms with van der Waals surface area (Å²) in [6.45, 7) is 15.4. The van der Waals surface area contributed by atoms with E-state index in [1.807, 2.05) is 0 Å². The molecule has 0 spiro atoms. The molecule has 1 N–H and O–H groups in total. The molecule has 0 aromatic carbocycles. The molecule has 2 fully saturated rings. The molecule has 0 aromatic rings. The molecule has 0 amide bonds. The molecule has 0 radical (unpaired) electrons. The van der Waals surface area contributed by atoms with Crippen LogP contribution in [0, 0.1) is 11.8 Å². The van der Waals surface area contributed by atoms with Crippen molar-refractivity contribution >= 4 is 0 Å². The Morgan fingerprint density at radius 1 is 1.25 bits per heavy atom. The van der Waals surface area contributed by atoms with Gasteiger partial charge in [-0.05, 0) is 60.4 Å². The van der Waals surface area contributed by atoms with E-state index in [1.54, 1.807) is 0 Å². The topological polar surface area (TPSA) is 30.5 Å². The number of ether oxygens (including phenoxy) is 2. The van der Waals surface area contributed by atoms with E-state index in [-0.39, 0.29) is 11.2 Å². The van der Waals surface area contributed by atoms with Crippen LogP contribution in [0.25, 0.3) is 0 Å². The molecule has 2 aliphatic heterocycles. The van der Waals surface area contributed by atoms with Gasteiger partial charge in [-0.3, -0.25) is 0 Å². The second-order valence-corrected chi connectivity index (χ2v) is 7.90. The number of hydrogen-bond donors (Lipinski definition) is 1. The summed E-state index contributed by atoms with van der Waals surface area (Å²) in [5.74, 6) is 1.18. The molecule has 118 valence electrons. The molecule has 4 unspecified atom stereocenters. The van der Waals surface area contributed by atoms with Crippen molar-refractivity contribution in [3.63, 3.8) is 0 Å². The van der Waals surface area contributed by atoms with Gasteiger partial charge in [0.15, 0.2) is 0 Å². The van der Waals surface area contributed by atoms with Crippen LogP contribution in [0.2, 0.25) is 0 Å². The van der Waals surface area contributed by atoms with Gasteiger partial charge in [-0.1, -0.05) is 6.92 Å². The van der Waals surface area contributed by atoms with Gasteiger partial charge in [-0.15, -0.1) is 0 Å². The van der Waals surface area contributed by atoms with Crippen molar-refractivity contribution in [1.29, 1.82) is 0 Å². The Labute approximate surface area is 124 Å². The van der Waals surface area contributed by atoms with E-state index in [0.717, 1.165) is 19.6 Å². The van der Waals surface area contributed by atoms with Crippen molar-refractivity contribution in [2.24, 2.45) is 11.8 Å². The Bertz CT molecular complexity index is 327. The number of nitrogens with one attached hydrogen (secondary N) is 1. The average Bonchev–Trinajstić information content (AvgIpc) is 2.81. The molecular weight excluding hydrogens is 250 g/mol. The predicted molar refractivity (Wildman–Crippen MR) is 83.0 cm³/mol. The van der Waals surface area contributed by atoms with Gasteiger partial charge in [0.2, 0.25) is 0 Å². The quantitative estimate of drug-likeness (QED) is 0.839. The summed E-state index contributed by atoms with van der Waals surface area (Å²) in [5, 5.41) is 3.81. The molecule has 0 saturated carbocycles. The van der Waals surface area contributed by atoms with Crippen LogP contribution in [-0.4, -0.2) is 36.5 Å². The third kappa shape index (κ3) is 3.55. The predicted octanol–water partition coefficient (Wildman–Crippen LogP) is 3.37. The zero-order chi connectivity index (χ0) is 15.0. The molecule has 3 heteroatoms. The third-order valence-electron chi connectivity index (χ3n) is 4.94.